The lowest BCUT2D eigenvalue weighted by molar-refractivity contribution is -0.385. The van der Waals surface area contributed by atoms with Crippen LogP contribution >= 0.6 is 45.2 Å². The largest absolute Gasteiger partial charge is 0.463 e. The molecule has 0 aliphatic carbocycles. The maximum atomic E-state index is 12.8. The Labute approximate surface area is 230 Å². The molecule has 14 heteroatoms. The molecule has 4 rings (SSSR count). The number of methoxy groups -OCH3 is 1. The van der Waals surface area contributed by atoms with Crippen LogP contribution in [0.15, 0.2) is 52.7 Å². The Morgan fingerprint density at radius 2 is 1.94 bits per heavy atom. The Kier molecular flexibility index (Phi) is 7.53. The molecule has 0 radical (unpaired) electrons. The first-order valence-electron chi connectivity index (χ1n) is 9.95. The summed E-state index contributed by atoms with van der Waals surface area (Å²) in [4.78, 5) is 51.9. The molecule has 1 saturated heterocycles. The van der Waals surface area contributed by atoms with Gasteiger partial charge in [-0.1, -0.05) is 0 Å². The number of carbonyl (C=O) groups is 3. The van der Waals surface area contributed by atoms with Gasteiger partial charge in [0, 0.05) is 12.1 Å². The molecule has 12 nitrogen and oxygen atoms in total. The predicted molar refractivity (Wildman–Crippen MR) is 140 cm³/mol. The Bertz CT molecular complexity index is 1390. The van der Waals surface area contributed by atoms with Gasteiger partial charge < -0.3 is 19.2 Å². The van der Waals surface area contributed by atoms with Crippen LogP contribution in [0, 0.1) is 17.3 Å². The quantitative estimate of drug-likeness (QED) is 0.0933. The zero-order valence-corrected chi connectivity index (χ0v) is 22.5. The van der Waals surface area contributed by atoms with Gasteiger partial charge in [-0.15, -0.1) is 0 Å². The molecular formula is C22H14I2N4O8. The summed E-state index contributed by atoms with van der Waals surface area (Å²) in [6.45, 7) is -0.164. The van der Waals surface area contributed by atoms with Gasteiger partial charge in [0.1, 0.15) is 17.7 Å². The summed E-state index contributed by atoms with van der Waals surface area (Å²) in [7, 11) is 1.21. The van der Waals surface area contributed by atoms with Crippen molar-refractivity contribution in [3.05, 3.63) is 82.6 Å². The van der Waals surface area contributed by atoms with E-state index in [0.717, 1.165) is 11.1 Å². The van der Waals surface area contributed by atoms with Crippen molar-refractivity contribution in [2.45, 2.75) is 6.54 Å². The number of rotatable bonds is 7. The first-order chi connectivity index (χ1) is 17.2. The van der Waals surface area contributed by atoms with Gasteiger partial charge in [-0.25, -0.2) is 14.6 Å². The normalized spacial score (nSPS) is 14.2. The van der Waals surface area contributed by atoms with Gasteiger partial charge >= 0.3 is 12.0 Å². The van der Waals surface area contributed by atoms with E-state index < -0.39 is 22.8 Å². The summed E-state index contributed by atoms with van der Waals surface area (Å²) < 4.78 is 17.1. The number of urea groups is 1. The van der Waals surface area contributed by atoms with Crippen LogP contribution in [0.1, 0.15) is 21.9 Å². The van der Waals surface area contributed by atoms with Gasteiger partial charge in [0.25, 0.3) is 11.6 Å². The molecule has 0 atom stereocenters. The van der Waals surface area contributed by atoms with Crippen LogP contribution in [0.2, 0.25) is 0 Å². The Morgan fingerprint density at radius 1 is 1.22 bits per heavy atom. The maximum Gasteiger partial charge on any atom is 0.373 e. The topological polar surface area (TPSA) is 154 Å². The highest BCUT2D eigenvalue weighted by Gasteiger charge is 2.34. The number of nitro groups is 1. The fourth-order valence-electron chi connectivity index (χ4n) is 3.12. The highest BCUT2D eigenvalue weighted by atomic mass is 127. The van der Waals surface area contributed by atoms with E-state index in [2.05, 4.69) is 60.2 Å². The molecule has 1 aromatic carbocycles. The minimum Gasteiger partial charge on any atom is -0.463 e. The maximum absolute atomic E-state index is 12.8. The molecule has 0 spiro atoms. The number of pyridine rings is 1. The third-order valence-corrected chi connectivity index (χ3v) is 6.40. The zero-order chi connectivity index (χ0) is 26.0. The number of amides is 3. The van der Waals surface area contributed by atoms with Crippen molar-refractivity contribution in [1.82, 2.24) is 15.2 Å². The summed E-state index contributed by atoms with van der Waals surface area (Å²) in [5.41, 5.74) is 0.545. The molecule has 0 saturated carbocycles. The third kappa shape index (κ3) is 5.48. The van der Waals surface area contributed by atoms with Crippen molar-refractivity contribution in [3.8, 4) is 11.6 Å². The smallest absolute Gasteiger partial charge is 0.373 e. The molecule has 0 bridgehead atoms. The molecule has 36 heavy (non-hydrogen) atoms. The Morgan fingerprint density at radius 3 is 2.56 bits per heavy atom. The lowest BCUT2D eigenvalue weighted by atomic mass is 10.2. The van der Waals surface area contributed by atoms with E-state index in [-0.39, 0.29) is 35.3 Å². The number of aromatic nitrogens is 1. The second-order valence-corrected chi connectivity index (χ2v) is 9.49. The van der Waals surface area contributed by atoms with Crippen molar-refractivity contribution in [2.75, 3.05) is 7.11 Å². The highest BCUT2D eigenvalue weighted by molar-refractivity contribution is 14.1. The number of carbonyl (C=O) groups excluding carboxylic acids is 3. The second kappa shape index (κ2) is 10.6. The number of imide groups is 1. The van der Waals surface area contributed by atoms with Gasteiger partial charge in [-0.05, 0) is 81.1 Å². The number of halogens is 2. The first kappa shape index (κ1) is 25.5. The predicted octanol–water partition coefficient (Wildman–Crippen LogP) is 4.46. The van der Waals surface area contributed by atoms with E-state index in [1.165, 1.54) is 37.5 Å². The Hall–Kier alpha value is -3.54. The van der Waals surface area contributed by atoms with Crippen LogP contribution in [-0.2, 0) is 16.1 Å². The van der Waals surface area contributed by atoms with Crippen molar-refractivity contribution >= 4 is 74.9 Å². The average Bonchev–Trinajstić information content (AvgIpc) is 3.41. The van der Waals surface area contributed by atoms with Gasteiger partial charge in [0.2, 0.25) is 11.6 Å². The SMILES string of the molecule is COC(=O)c1ccc(CN2C(=O)N/C(=C\c3cc(I)c(Oc4ccc([N+](=O)[O-])cn4)c(I)c3)C2=O)o1. The van der Waals surface area contributed by atoms with Gasteiger partial charge in [0.15, 0.2) is 5.75 Å². The van der Waals surface area contributed by atoms with Crippen LogP contribution in [0.25, 0.3) is 6.08 Å². The van der Waals surface area contributed by atoms with E-state index in [1.54, 1.807) is 12.1 Å². The van der Waals surface area contributed by atoms with Crippen LogP contribution in [0.5, 0.6) is 11.6 Å². The summed E-state index contributed by atoms with van der Waals surface area (Å²) in [5, 5.41) is 13.3. The highest BCUT2D eigenvalue weighted by Crippen LogP contribution is 2.33. The van der Waals surface area contributed by atoms with Crippen molar-refractivity contribution in [3.63, 3.8) is 0 Å². The minimum absolute atomic E-state index is 0.0364. The van der Waals surface area contributed by atoms with Crippen LogP contribution in [-0.4, -0.2) is 39.8 Å². The third-order valence-electron chi connectivity index (χ3n) is 4.79. The molecule has 1 N–H and O–H groups in total. The van der Waals surface area contributed by atoms with Crippen LogP contribution < -0.4 is 10.1 Å². The molecule has 3 heterocycles. The van der Waals surface area contributed by atoms with Gasteiger partial charge in [0.05, 0.1) is 25.7 Å². The van der Waals surface area contributed by atoms with Crippen molar-refractivity contribution < 1.29 is 33.2 Å². The fourth-order valence-corrected chi connectivity index (χ4v) is 5.15. The number of furan rings is 1. The first-order valence-corrected chi connectivity index (χ1v) is 12.1. The van der Waals surface area contributed by atoms with Crippen molar-refractivity contribution in [2.24, 2.45) is 0 Å². The van der Waals surface area contributed by atoms with Crippen LogP contribution in [0.4, 0.5) is 10.5 Å². The Balaban J connectivity index is 1.50. The van der Waals surface area contributed by atoms with E-state index in [0.29, 0.717) is 18.5 Å². The monoisotopic (exact) mass is 716 g/mol. The molecular weight excluding hydrogens is 702 g/mol. The van der Waals surface area contributed by atoms with Crippen molar-refractivity contribution in [1.29, 1.82) is 0 Å². The summed E-state index contributed by atoms with van der Waals surface area (Å²) in [5.74, 6) is -0.347. The molecule has 1 aliphatic rings. The molecule has 3 amide bonds. The lowest BCUT2D eigenvalue weighted by Gasteiger charge is -2.10. The molecule has 0 unspecified atom stereocenters. The van der Waals surface area contributed by atoms with Gasteiger partial charge in [-0.2, -0.15) is 0 Å². The molecule has 3 aromatic rings. The van der Waals surface area contributed by atoms with Crippen LogP contribution in [0.3, 0.4) is 0 Å². The standard InChI is InChI=1S/C22H14I2N4O8/c1-34-21(30)17-4-3-13(35-17)10-27-20(29)16(26-22(27)31)8-11-6-14(23)19(15(24)7-11)36-18-5-2-12(9-25-18)28(32)33/h2-9H,10H2,1H3,(H,26,31)/b16-8-. The van der Waals surface area contributed by atoms with E-state index >= 15 is 0 Å². The van der Waals surface area contributed by atoms with E-state index in [4.69, 9.17) is 9.15 Å². The number of ether oxygens (including phenoxy) is 2. The zero-order valence-electron chi connectivity index (χ0n) is 18.2. The summed E-state index contributed by atoms with van der Waals surface area (Å²) in [6.07, 6.45) is 2.63. The molecule has 2 aromatic heterocycles. The number of nitrogens with zero attached hydrogens (tertiary/aromatic N) is 3. The van der Waals surface area contributed by atoms with E-state index in [1.807, 2.05) is 0 Å². The molecule has 1 fully saturated rings. The number of esters is 1. The average molecular weight is 716 g/mol. The summed E-state index contributed by atoms with van der Waals surface area (Å²) in [6, 6.07) is 8.43. The summed E-state index contributed by atoms with van der Waals surface area (Å²) >= 11 is 4.11. The fraction of sp³-hybridized carbons (Fsp3) is 0.0909. The molecule has 1 aliphatic heterocycles. The molecule has 184 valence electrons. The number of hydrogen-bond acceptors (Lipinski definition) is 9. The van der Waals surface area contributed by atoms with E-state index in [9.17, 15) is 24.5 Å². The minimum atomic E-state index is -0.667. The number of benzene rings is 1. The second-order valence-electron chi connectivity index (χ2n) is 7.16. The number of hydrogen-bond donors (Lipinski definition) is 1. The number of nitrogens with one attached hydrogen (secondary N) is 1. The van der Waals surface area contributed by atoms with Gasteiger partial charge in [-0.3, -0.25) is 19.8 Å². The lowest BCUT2D eigenvalue weighted by Crippen LogP contribution is -2.30.